The van der Waals surface area contributed by atoms with Gasteiger partial charge in [0.1, 0.15) is 11.6 Å². The summed E-state index contributed by atoms with van der Waals surface area (Å²) < 4.78 is 0. The second-order valence-electron chi connectivity index (χ2n) is 4.43. The van der Waals surface area contributed by atoms with Crippen molar-refractivity contribution in [3.05, 3.63) is 41.6 Å². The van der Waals surface area contributed by atoms with Gasteiger partial charge in [0.25, 0.3) is 5.91 Å². The zero-order valence-corrected chi connectivity index (χ0v) is 10.2. The van der Waals surface area contributed by atoms with Gasteiger partial charge >= 0.3 is 0 Å². The van der Waals surface area contributed by atoms with Gasteiger partial charge in [-0.25, -0.2) is 0 Å². The van der Waals surface area contributed by atoms with Crippen LogP contribution in [-0.4, -0.2) is 11.9 Å². The highest BCUT2D eigenvalue weighted by Crippen LogP contribution is 2.18. The fourth-order valence-corrected chi connectivity index (χ4v) is 1.52. The molecule has 1 aromatic rings. The number of aryl methyl sites for hydroxylation is 1. The quantitative estimate of drug-likeness (QED) is 0.626. The van der Waals surface area contributed by atoms with Crippen LogP contribution in [0.5, 0.6) is 0 Å². The van der Waals surface area contributed by atoms with Gasteiger partial charge in [-0.2, -0.15) is 5.26 Å². The van der Waals surface area contributed by atoms with Crippen LogP contribution in [-0.2, 0) is 4.79 Å². The fourth-order valence-electron chi connectivity index (χ4n) is 1.52. The molecule has 92 valence electrons. The number of carbonyl (C=O) groups is 1. The van der Waals surface area contributed by atoms with E-state index in [-0.39, 0.29) is 11.5 Å². The van der Waals surface area contributed by atoms with E-state index in [4.69, 9.17) is 5.26 Å². The lowest BCUT2D eigenvalue weighted by Gasteiger charge is -2.05. The molecule has 0 saturated heterocycles. The number of nitrogens with zero attached hydrogens (tertiary/aromatic N) is 1. The van der Waals surface area contributed by atoms with E-state index in [9.17, 15) is 4.79 Å². The molecule has 0 aromatic heterocycles. The molecule has 0 aliphatic heterocycles. The van der Waals surface area contributed by atoms with Crippen LogP contribution < -0.4 is 10.6 Å². The van der Waals surface area contributed by atoms with Crippen molar-refractivity contribution in [2.45, 2.75) is 25.8 Å². The molecule has 0 heterocycles. The van der Waals surface area contributed by atoms with Crippen molar-refractivity contribution in [2.24, 2.45) is 0 Å². The summed E-state index contributed by atoms with van der Waals surface area (Å²) in [5.41, 5.74) is 1.86. The topological polar surface area (TPSA) is 64.9 Å². The molecule has 1 aliphatic rings. The molecule has 2 N–H and O–H groups in total. The second-order valence-corrected chi connectivity index (χ2v) is 4.43. The molecule has 0 spiro atoms. The molecule has 1 aliphatic carbocycles. The van der Waals surface area contributed by atoms with E-state index < -0.39 is 0 Å². The molecule has 0 radical (unpaired) electrons. The first-order valence-corrected chi connectivity index (χ1v) is 5.93. The van der Waals surface area contributed by atoms with Crippen molar-refractivity contribution in [3.63, 3.8) is 0 Å². The van der Waals surface area contributed by atoms with E-state index >= 15 is 0 Å². The molecule has 1 fully saturated rings. The Morgan fingerprint density at radius 3 is 2.89 bits per heavy atom. The number of rotatable bonds is 4. The Labute approximate surface area is 106 Å². The predicted molar refractivity (Wildman–Crippen MR) is 69.7 cm³/mol. The first-order valence-electron chi connectivity index (χ1n) is 5.93. The van der Waals surface area contributed by atoms with Crippen LogP contribution in [0.2, 0.25) is 0 Å². The molecule has 1 amide bonds. The van der Waals surface area contributed by atoms with E-state index in [2.05, 4.69) is 10.6 Å². The minimum atomic E-state index is -0.378. The van der Waals surface area contributed by atoms with Crippen molar-refractivity contribution in [3.8, 4) is 6.07 Å². The Bertz CT molecular complexity index is 524. The molecule has 4 nitrogen and oxygen atoms in total. The van der Waals surface area contributed by atoms with Crippen LogP contribution in [0.3, 0.4) is 0 Å². The summed E-state index contributed by atoms with van der Waals surface area (Å²) in [5.74, 6) is -0.378. The molecule has 0 atom stereocenters. The number of carbonyl (C=O) groups excluding carboxylic acids is 1. The highest BCUT2D eigenvalue weighted by Gasteiger charge is 2.20. The maximum absolute atomic E-state index is 11.8. The minimum Gasteiger partial charge on any atom is -0.387 e. The highest BCUT2D eigenvalue weighted by molar-refractivity contribution is 6.06. The van der Waals surface area contributed by atoms with Gasteiger partial charge in [0, 0.05) is 17.9 Å². The van der Waals surface area contributed by atoms with Crippen LogP contribution >= 0.6 is 0 Å². The molecular weight excluding hydrogens is 226 g/mol. The molecule has 18 heavy (non-hydrogen) atoms. The maximum Gasteiger partial charge on any atom is 0.267 e. The van der Waals surface area contributed by atoms with E-state index in [0.29, 0.717) is 11.7 Å². The van der Waals surface area contributed by atoms with Crippen LogP contribution in [0.4, 0.5) is 5.69 Å². The van der Waals surface area contributed by atoms with Gasteiger partial charge in [-0.15, -0.1) is 0 Å². The van der Waals surface area contributed by atoms with E-state index in [0.717, 1.165) is 18.4 Å². The highest BCUT2D eigenvalue weighted by atomic mass is 16.1. The normalized spacial score (nSPS) is 14.8. The Morgan fingerprint density at radius 2 is 2.28 bits per heavy atom. The third-order valence-electron chi connectivity index (χ3n) is 2.68. The third-order valence-corrected chi connectivity index (χ3v) is 2.68. The average molecular weight is 241 g/mol. The number of benzene rings is 1. The molecular formula is C14H15N3O. The van der Waals surface area contributed by atoms with E-state index in [1.807, 2.05) is 31.2 Å². The zero-order valence-electron chi connectivity index (χ0n) is 10.2. The van der Waals surface area contributed by atoms with Gasteiger partial charge in [0.15, 0.2) is 0 Å². The van der Waals surface area contributed by atoms with Crippen LogP contribution in [0.25, 0.3) is 0 Å². The summed E-state index contributed by atoms with van der Waals surface area (Å²) in [5, 5.41) is 14.7. The number of nitriles is 1. The van der Waals surface area contributed by atoms with Gasteiger partial charge in [-0.1, -0.05) is 12.1 Å². The minimum absolute atomic E-state index is 0.100. The standard InChI is InChI=1S/C14H15N3O/c1-10-3-2-4-13(7-10)17-14(18)11(8-15)9-16-12-5-6-12/h2-4,7,9,12,16H,5-6H2,1H3,(H,17,18)/b11-9-. The second kappa shape index (κ2) is 5.37. The van der Waals surface area contributed by atoms with Crippen LogP contribution in [0, 0.1) is 18.3 Å². The monoisotopic (exact) mass is 241 g/mol. The van der Waals surface area contributed by atoms with Gasteiger partial charge in [-0.3, -0.25) is 4.79 Å². The van der Waals surface area contributed by atoms with Crippen LogP contribution in [0.1, 0.15) is 18.4 Å². The fraction of sp³-hybridized carbons (Fsp3) is 0.286. The number of anilines is 1. The predicted octanol–water partition coefficient (Wildman–Crippen LogP) is 2.09. The smallest absolute Gasteiger partial charge is 0.267 e. The molecule has 0 bridgehead atoms. The first kappa shape index (κ1) is 12.2. The van der Waals surface area contributed by atoms with Gasteiger partial charge < -0.3 is 10.6 Å². The largest absolute Gasteiger partial charge is 0.387 e. The summed E-state index contributed by atoms with van der Waals surface area (Å²) in [6, 6.07) is 9.81. The summed E-state index contributed by atoms with van der Waals surface area (Å²) in [7, 11) is 0. The van der Waals surface area contributed by atoms with E-state index in [1.54, 1.807) is 6.07 Å². The third kappa shape index (κ3) is 3.36. The Balaban J connectivity index is 2.01. The number of hydrogen-bond acceptors (Lipinski definition) is 3. The van der Waals surface area contributed by atoms with Crippen LogP contribution in [0.15, 0.2) is 36.0 Å². The van der Waals surface area contributed by atoms with Gasteiger partial charge in [0.2, 0.25) is 0 Å². The molecule has 4 heteroatoms. The molecule has 0 unspecified atom stereocenters. The summed E-state index contributed by atoms with van der Waals surface area (Å²) >= 11 is 0. The van der Waals surface area contributed by atoms with Crippen molar-refractivity contribution in [1.29, 1.82) is 5.26 Å². The Kier molecular flexibility index (Phi) is 3.63. The lowest BCUT2D eigenvalue weighted by atomic mass is 10.2. The summed E-state index contributed by atoms with van der Waals surface area (Å²) in [6.45, 7) is 1.95. The van der Waals surface area contributed by atoms with Crippen molar-refractivity contribution >= 4 is 11.6 Å². The number of amides is 1. The lowest BCUT2D eigenvalue weighted by Crippen LogP contribution is -2.17. The Hall–Kier alpha value is -2.28. The van der Waals surface area contributed by atoms with Crippen molar-refractivity contribution < 1.29 is 4.79 Å². The Morgan fingerprint density at radius 1 is 1.50 bits per heavy atom. The lowest BCUT2D eigenvalue weighted by molar-refractivity contribution is -0.112. The zero-order chi connectivity index (χ0) is 13.0. The SMILES string of the molecule is Cc1cccc(NC(=O)/C(C#N)=C\NC2CC2)c1. The molecule has 2 rings (SSSR count). The molecule has 1 saturated carbocycles. The van der Waals surface area contributed by atoms with Gasteiger partial charge in [-0.05, 0) is 37.5 Å². The van der Waals surface area contributed by atoms with Crippen molar-refractivity contribution in [1.82, 2.24) is 5.32 Å². The average Bonchev–Trinajstić information content (AvgIpc) is 3.14. The van der Waals surface area contributed by atoms with Gasteiger partial charge in [0.05, 0.1) is 0 Å². The maximum atomic E-state index is 11.8. The van der Waals surface area contributed by atoms with Crippen molar-refractivity contribution in [2.75, 3.05) is 5.32 Å². The summed E-state index contributed by atoms with van der Waals surface area (Å²) in [4.78, 5) is 11.8. The number of hydrogen-bond donors (Lipinski definition) is 2. The van der Waals surface area contributed by atoms with E-state index in [1.165, 1.54) is 6.20 Å². The molecule has 1 aromatic carbocycles. The number of nitrogens with one attached hydrogen (secondary N) is 2. The first-order chi connectivity index (χ1) is 8.69. The summed E-state index contributed by atoms with van der Waals surface area (Å²) in [6.07, 6.45) is 3.71.